The first-order valence-electron chi connectivity index (χ1n) is 9.32. The zero-order valence-electron chi connectivity index (χ0n) is 16.0. The molecule has 1 aliphatic rings. The Morgan fingerprint density at radius 1 is 1.10 bits per heavy atom. The third kappa shape index (κ3) is 3.21. The van der Waals surface area contributed by atoms with Gasteiger partial charge >= 0.3 is 6.18 Å². The average molecular weight is 440 g/mol. The van der Waals surface area contributed by atoms with E-state index in [-0.39, 0.29) is 27.7 Å². The quantitative estimate of drug-likeness (QED) is 0.443. The second-order valence-electron chi connectivity index (χ2n) is 7.71. The molecule has 0 fully saturated rings. The molecule has 1 heterocycles. The van der Waals surface area contributed by atoms with Crippen LogP contribution in [0.2, 0.25) is 0 Å². The minimum atomic E-state index is -5.08. The number of nitrogens with one attached hydrogen (secondary N) is 2. The number of pyridine rings is 1. The van der Waals surface area contributed by atoms with Crippen LogP contribution in [0.3, 0.4) is 0 Å². The van der Waals surface area contributed by atoms with Gasteiger partial charge in [0.05, 0.1) is 11.6 Å². The summed E-state index contributed by atoms with van der Waals surface area (Å²) in [6.07, 6.45) is -5.92. The lowest BCUT2D eigenvalue weighted by Gasteiger charge is -2.45. The molecule has 5 nitrogen and oxygen atoms in total. The Morgan fingerprint density at radius 3 is 2.45 bits per heavy atom. The van der Waals surface area contributed by atoms with Crippen molar-refractivity contribution in [2.75, 3.05) is 5.32 Å². The van der Waals surface area contributed by atoms with Crippen LogP contribution in [0.15, 0.2) is 41.2 Å². The Hall–Kier alpha value is -3.14. The normalized spacial score (nSPS) is 23.6. The average Bonchev–Trinajstić information content (AvgIpc) is 2.68. The van der Waals surface area contributed by atoms with E-state index < -0.39 is 53.1 Å². The Morgan fingerprint density at radius 2 is 1.77 bits per heavy atom. The number of phenolic OH excluding ortho intramolecular Hbond substituents is 1. The molecule has 31 heavy (non-hydrogen) atoms. The summed E-state index contributed by atoms with van der Waals surface area (Å²) in [4.78, 5) is 13.8. The number of alkyl halides is 3. The van der Waals surface area contributed by atoms with Crippen molar-refractivity contribution in [1.29, 1.82) is 0 Å². The molecule has 1 aromatic heterocycles. The molecule has 0 aliphatic heterocycles. The van der Waals surface area contributed by atoms with Gasteiger partial charge in [0.25, 0.3) is 0 Å². The number of aliphatic hydroxyl groups is 1. The van der Waals surface area contributed by atoms with Crippen molar-refractivity contribution < 1.29 is 32.2 Å². The SMILES string of the molecule is C[C@@H]1C[C@](O)(C(F)(F)F)[C@@H](Nc2ccc(F)c3[nH]c(=O)ccc23)c2ccc(F)c(O)c21. The first-order valence-corrected chi connectivity index (χ1v) is 9.32. The Balaban J connectivity index is 1.94. The molecule has 4 rings (SSSR count). The molecule has 164 valence electrons. The van der Waals surface area contributed by atoms with E-state index in [4.69, 9.17) is 0 Å². The molecule has 3 aromatic rings. The predicted molar refractivity (Wildman–Crippen MR) is 103 cm³/mol. The molecule has 4 N–H and O–H groups in total. The van der Waals surface area contributed by atoms with Gasteiger partial charge < -0.3 is 20.5 Å². The first-order chi connectivity index (χ1) is 14.4. The summed E-state index contributed by atoms with van der Waals surface area (Å²) in [6, 6.07) is 4.50. The second-order valence-corrected chi connectivity index (χ2v) is 7.71. The van der Waals surface area contributed by atoms with Gasteiger partial charge in [0, 0.05) is 22.7 Å². The third-order valence-corrected chi connectivity index (χ3v) is 5.74. The van der Waals surface area contributed by atoms with E-state index in [0.29, 0.717) is 0 Å². The minimum Gasteiger partial charge on any atom is -0.505 e. The number of rotatable bonds is 2. The van der Waals surface area contributed by atoms with Crippen LogP contribution in [0.4, 0.5) is 27.6 Å². The fraction of sp³-hybridized carbons (Fsp3) is 0.286. The number of benzene rings is 2. The standard InChI is InChI=1S/C21H17F5N2O3/c1-9-8-20(31,21(24,25)26)19(11-2-4-13(23)18(30)16(9)11)27-14-6-5-12(22)17-10(14)3-7-15(29)28-17/h2-7,9,19,27,30-31H,8H2,1H3,(H,28,29)/t9-,19+,20-/m1/s1. The highest BCUT2D eigenvalue weighted by molar-refractivity contribution is 5.91. The number of phenols is 1. The minimum absolute atomic E-state index is 0.00430. The molecular weight excluding hydrogens is 423 g/mol. The lowest BCUT2D eigenvalue weighted by Crippen LogP contribution is -2.55. The Labute approximate surface area is 172 Å². The van der Waals surface area contributed by atoms with Crippen molar-refractivity contribution in [2.45, 2.75) is 37.1 Å². The van der Waals surface area contributed by atoms with E-state index in [1.165, 1.54) is 19.1 Å². The van der Waals surface area contributed by atoms with Crippen LogP contribution in [0.25, 0.3) is 10.9 Å². The fourth-order valence-corrected chi connectivity index (χ4v) is 4.29. The molecule has 1 aliphatic carbocycles. The van der Waals surface area contributed by atoms with E-state index in [1.54, 1.807) is 0 Å². The smallest absolute Gasteiger partial charge is 0.419 e. The maximum absolute atomic E-state index is 14.2. The van der Waals surface area contributed by atoms with Gasteiger partial charge in [-0.1, -0.05) is 13.0 Å². The molecule has 0 saturated heterocycles. The van der Waals surface area contributed by atoms with Crippen LogP contribution in [-0.2, 0) is 0 Å². The summed E-state index contributed by atoms with van der Waals surface area (Å²) in [6.45, 7) is 1.35. The van der Waals surface area contributed by atoms with Crippen molar-refractivity contribution in [3.05, 3.63) is 69.5 Å². The molecule has 0 radical (unpaired) electrons. The monoisotopic (exact) mass is 440 g/mol. The summed E-state index contributed by atoms with van der Waals surface area (Å²) in [5.74, 6) is -3.57. The summed E-state index contributed by atoms with van der Waals surface area (Å²) < 4.78 is 70.1. The van der Waals surface area contributed by atoms with E-state index in [1.807, 2.05) is 0 Å². The van der Waals surface area contributed by atoms with Gasteiger partial charge in [-0.05, 0) is 42.2 Å². The highest BCUT2D eigenvalue weighted by atomic mass is 19.4. The van der Waals surface area contributed by atoms with Crippen molar-refractivity contribution in [3.8, 4) is 5.75 Å². The summed E-state index contributed by atoms with van der Waals surface area (Å²) in [5, 5.41) is 23.6. The lowest BCUT2D eigenvalue weighted by molar-refractivity contribution is -0.272. The molecule has 0 spiro atoms. The van der Waals surface area contributed by atoms with Gasteiger partial charge in [0.15, 0.2) is 17.2 Å². The third-order valence-electron chi connectivity index (χ3n) is 5.74. The zero-order valence-corrected chi connectivity index (χ0v) is 16.0. The molecule has 2 aromatic carbocycles. The van der Waals surface area contributed by atoms with Crippen LogP contribution >= 0.6 is 0 Å². The highest BCUT2D eigenvalue weighted by Crippen LogP contribution is 2.54. The maximum atomic E-state index is 14.2. The largest absolute Gasteiger partial charge is 0.505 e. The van der Waals surface area contributed by atoms with Crippen molar-refractivity contribution in [1.82, 2.24) is 4.98 Å². The molecule has 0 bridgehead atoms. The van der Waals surface area contributed by atoms with Crippen LogP contribution in [0.1, 0.15) is 36.4 Å². The number of aromatic nitrogens is 1. The van der Waals surface area contributed by atoms with Gasteiger partial charge in [-0.3, -0.25) is 4.79 Å². The number of aromatic hydroxyl groups is 1. The number of halogens is 5. The lowest BCUT2D eigenvalue weighted by atomic mass is 9.70. The number of hydrogen-bond donors (Lipinski definition) is 4. The summed E-state index contributed by atoms with van der Waals surface area (Å²) in [7, 11) is 0. The van der Waals surface area contributed by atoms with Crippen molar-refractivity contribution >= 4 is 16.6 Å². The molecule has 10 heteroatoms. The fourth-order valence-electron chi connectivity index (χ4n) is 4.29. The van der Waals surface area contributed by atoms with Crippen LogP contribution < -0.4 is 10.9 Å². The first kappa shape index (κ1) is 21.1. The molecule has 0 amide bonds. The van der Waals surface area contributed by atoms with Crippen LogP contribution in [0, 0.1) is 11.6 Å². The number of hydrogen-bond acceptors (Lipinski definition) is 4. The van der Waals surface area contributed by atoms with Gasteiger partial charge in [0.2, 0.25) is 5.56 Å². The molecular formula is C21H17F5N2O3. The van der Waals surface area contributed by atoms with E-state index in [9.17, 15) is 37.0 Å². The second kappa shape index (κ2) is 6.94. The van der Waals surface area contributed by atoms with Crippen molar-refractivity contribution in [3.63, 3.8) is 0 Å². The molecule has 3 atom stereocenters. The van der Waals surface area contributed by atoms with Gasteiger partial charge in [-0.2, -0.15) is 13.2 Å². The maximum Gasteiger partial charge on any atom is 0.419 e. The topological polar surface area (TPSA) is 85.4 Å². The predicted octanol–water partition coefficient (Wildman–Crippen LogP) is 4.47. The number of fused-ring (bicyclic) bond motifs is 2. The number of aromatic amines is 1. The highest BCUT2D eigenvalue weighted by Gasteiger charge is 2.62. The van der Waals surface area contributed by atoms with Crippen LogP contribution in [0.5, 0.6) is 5.75 Å². The Bertz CT molecular complexity index is 1240. The molecule has 0 unspecified atom stereocenters. The van der Waals surface area contributed by atoms with E-state index in [2.05, 4.69) is 10.3 Å². The number of anilines is 1. The molecule has 0 saturated carbocycles. The Kier molecular flexibility index (Phi) is 4.73. The van der Waals surface area contributed by atoms with E-state index >= 15 is 0 Å². The zero-order chi connectivity index (χ0) is 22.7. The van der Waals surface area contributed by atoms with Crippen LogP contribution in [-0.4, -0.2) is 27.0 Å². The summed E-state index contributed by atoms with van der Waals surface area (Å²) in [5.41, 5.74) is -4.28. The van der Waals surface area contributed by atoms with Gasteiger partial charge in [-0.15, -0.1) is 0 Å². The van der Waals surface area contributed by atoms with Gasteiger partial charge in [0.1, 0.15) is 5.82 Å². The van der Waals surface area contributed by atoms with Gasteiger partial charge in [-0.25, -0.2) is 8.78 Å². The summed E-state index contributed by atoms with van der Waals surface area (Å²) >= 11 is 0. The number of H-pyrrole nitrogens is 1. The van der Waals surface area contributed by atoms with E-state index in [0.717, 1.165) is 24.3 Å². The van der Waals surface area contributed by atoms with Crippen molar-refractivity contribution in [2.24, 2.45) is 0 Å².